The molecule has 0 aliphatic rings. The zero-order valence-corrected chi connectivity index (χ0v) is 27.9. The molecule has 4 N–H and O–H groups in total. The van der Waals surface area contributed by atoms with Gasteiger partial charge >= 0.3 is 6.03 Å². The molecule has 49 heavy (non-hydrogen) atoms. The number of hydrogen-bond acceptors (Lipinski definition) is 9. The van der Waals surface area contributed by atoms with Gasteiger partial charge in [-0.25, -0.2) is 9.48 Å². The molecule has 3 aromatic carbocycles. The molecule has 0 atom stereocenters. The third kappa shape index (κ3) is 7.35. The van der Waals surface area contributed by atoms with Crippen molar-refractivity contribution in [2.45, 2.75) is 42.5 Å². The summed E-state index contributed by atoms with van der Waals surface area (Å²) in [4.78, 5) is 15.1. The Balaban J connectivity index is 1.20. The van der Waals surface area contributed by atoms with Gasteiger partial charge in [0.05, 0.1) is 29.1 Å². The first kappa shape index (κ1) is 33.1. The number of benzene rings is 3. The van der Waals surface area contributed by atoms with Gasteiger partial charge in [-0.1, -0.05) is 62.9 Å². The molecule has 0 saturated carbocycles. The van der Waals surface area contributed by atoms with E-state index < -0.39 is 6.03 Å². The van der Waals surface area contributed by atoms with E-state index in [9.17, 15) is 20.3 Å². The van der Waals surface area contributed by atoms with Crippen LogP contribution in [0.4, 0.5) is 10.6 Å². The van der Waals surface area contributed by atoms with Gasteiger partial charge in [0, 0.05) is 34.0 Å². The van der Waals surface area contributed by atoms with Gasteiger partial charge in [0.15, 0.2) is 11.5 Å². The van der Waals surface area contributed by atoms with E-state index in [1.807, 2.05) is 98.1 Å². The van der Waals surface area contributed by atoms with Crippen LogP contribution in [0.1, 0.15) is 37.6 Å². The minimum absolute atomic E-state index is 0.0988. The minimum Gasteiger partial charge on any atom is -0.507 e. The molecule has 0 saturated heterocycles. The smallest absolute Gasteiger partial charge is 0.320 e. The van der Waals surface area contributed by atoms with Crippen molar-refractivity contribution in [2.24, 2.45) is 0 Å². The number of carbonyl (C=O) groups excluding carboxylic acids is 1. The van der Waals surface area contributed by atoms with E-state index in [1.165, 1.54) is 12.1 Å². The van der Waals surface area contributed by atoms with Crippen LogP contribution in [0.5, 0.6) is 11.5 Å². The maximum absolute atomic E-state index is 13.3. The van der Waals surface area contributed by atoms with Crippen molar-refractivity contribution in [2.75, 3.05) is 18.5 Å². The summed E-state index contributed by atoms with van der Waals surface area (Å²) in [5, 5.41) is 48.0. The number of aromatic nitrogens is 5. The Kier molecular flexibility index (Phi) is 9.52. The summed E-state index contributed by atoms with van der Waals surface area (Å²) >= 11 is 1.55. The Hall–Kier alpha value is -5.84. The minimum atomic E-state index is -0.432. The molecule has 6 aromatic rings. The van der Waals surface area contributed by atoms with Crippen LogP contribution in [-0.2, 0) is 12.0 Å². The highest BCUT2D eigenvalue weighted by Gasteiger charge is 2.22. The summed E-state index contributed by atoms with van der Waals surface area (Å²) in [5.74, 6) is 1.50. The number of aliphatic hydroxyl groups is 1. The SMILES string of the molecule is CC(C)(C)c1cc(NC(=O)NCc2ccccc2Sc2ccc3nnc(-c4ccccc4OCCO)n3c2)n(-c2ccc(O)c(C#N)c2)n1. The lowest BCUT2D eigenvalue weighted by atomic mass is 9.92. The predicted molar refractivity (Wildman–Crippen MR) is 186 cm³/mol. The van der Waals surface area contributed by atoms with Crippen molar-refractivity contribution in [3.63, 3.8) is 0 Å². The Labute approximate surface area is 287 Å². The summed E-state index contributed by atoms with van der Waals surface area (Å²) in [6.07, 6.45) is 1.96. The normalized spacial score (nSPS) is 11.3. The second-order valence-electron chi connectivity index (χ2n) is 12.1. The number of rotatable bonds is 10. The summed E-state index contributed by atoms with van der Waals surface area (Å²) < 4.78 is 9.20. The number of nitriles is 1. The third-order valence-electron chi connectivity index (χ3n) is 7.56. The fraction of sp³-hybridized carbons (Fsp3) is 0.194. The van der Waals surface area contributed by atoms with Crippen LogP contribution in [-0.4, -0.2) is 53.8 Å². The first-order valence-corrected chi connectivity index (χ1v) is 16.3. The van der Waals surface area contributed by atoms with Gasteiger partial charge in [-0.15, -0.1) is 10.2 Å². The third-order valence-corrected chi connectivity index (χ3v) is 8.65. The van der Waals surface area contributed by atoms with Crippen LogP contribution in [0.3, 0.4) is 0 Å². The lowest BCUT2D eigenvalue weighted by molar-refractivity contribution is 0.202. The van der Waals surface area contributed by atoms with E-state index in [0.29, 0.717) is 28.7 Å². The number of phenols is 1. The summed E-state index contributed by atoms with van der Waals surface area (Å²) in [5.41, 5.74) is 3.40. The van der Waals surface area contributed by atoms with Crippen molar-refractivity contribution < 1.29 is 19.7 Å². The second-order valence-corrected chi connectivity index (χ2v) is 13.2. The molecule has 3 aromatic heterocycles. The number of anilines is 1. The largest absolute Gasteiger partial charge is 0.507 e. The number of aliphatic hydroxyl groups excluding tert-OH is 1. The van der Waals surface area contributed by atoms with E-state index >= 15 is 0 Å². The predicted octanol–water partition coefficient (Wildman–Crippen LogP) is 6.30. The molecule has 0 fully saturated rings. The van der Waals surface area contributed by atoms with Gasteiger partial charge in [0.25, 0.3) is 0 Å². The van der Waals surface area contributed by atoms with Gasteiger partial charge in [0.1, 0.15) is 30.0 Å². The van der Waals surface area contributed by atoms with Crippen molar-refractivity contribution in [3.05, 3.63) is 108 Å². The summed E-state index contributed by atoms with van der Waals surface area (Å²) in [6.45, 7) is 6.38. The molecular weight excluding hydrogens is 641 g/mol. The number of urea groups is 1. The van der Waals surface area contributed by atoms with Crippen LogP contribution < -0.4 is 15.4 Å². The van der Waals surface area contributed by atoms with Crippen LogP contribution in [0.25, 0.3) is 22.7 Å². The average molecular weight is 675 g/mol. The van der Waals surface area contributed by atoms with E-state index in [-0.39, 0.29) is 36.5 Å². The Morgan fingerprint density at radius 1 is 1.02 bits per heavy atom. The highest BCUT2D eigenvalue weighted by Crippen LogP contribution is 2.34. The first-order valence-electron chi connectivity index (χ1n) is 15.5. The average Bonchev–Trinajstić information content (AvgIpc) is 3.72. The number of nitrogens with zero attached hydrogens (tertiary/aromatic N) is 6. The number of ether oxygens (including phenoxy) is 1. The molecule has 3 heterocycles. The first-order chi connectivity index (χ1) is 23.6. The fourth-order valence-electron chi connectivity index (χ4n) is 5.04. The van der Waals surface area contributed by atoms with Crippen LogP contribution in [0, 0.1) is 11.3 Å². The number of amides is 2. The molecule has 2 amide bonds. The van der Waals surface area contributed by atoms with Gasteiger partial charge in [-0.05, 0) is 54.1 Å². The summed E-state index contributed by atoms with van der Waals surface area (Å²) in [7, 11) is 0. The van der Waals surface area contributed by atoms with Crippen molar-refractivity contribution >= 4 is 29.3 Å². The molecule has 0 spiro atoms. The van der Waals surface area contributed by atoms with E-state index in [1.54, 1.807) is 28.6 Å². The standard InChI is InChI=1S/C36H34N8O4S/c1-36(2,3)31-19-33(44(42-31)25-12-14-28(46)24(18-25)20-37)39-35(47)38-21-23-8-4-7-11-30(23)49-26-13-15-32-40-41-34(43(32)22-26)27-9-5-6-10-29(27)48-17-16-45/h4-15,18-19,22,45-46H,16-17,21H2,1-3H3,(H2,38,39,47). The van der Waals surface area contributed by atoms with Crippen LogP contribution in [0.15, 0.2) is 101 Å². The Bertz CT molecular complexity index is 2180. The zero-order chi connectivity index (χ0) is 34.5. The number of hydrogen-bond donors (Lipinski definition) is 4. The topological polar surface area (TPSA) is 163 Å². The molecule has 0 bridgehead atoms. The number of pyridine rings is 1. The van der Waals surface area contributed by atoms with Crippen LogP contribution >= 0.6 is 11.8 Å². The maximum Gasteiger partial charge on any atom is 0.320 e. The molecule has 0 aliphatic heterocycles. The lowest BCUT2D eigenvalue weighted by Gasteiger charge is -2.14. The highest BCUT2D eigenvalue weighted by atomic mass is 32.2. The Morgan fingerprint density at radius 2 is 1.82 bits per heavy atom. The molecular formula is C36H34N8O4S. The lowest BCUT2D eigenvalue weighted by Crippen LogP contribution is -2.29. The number of aromatic hydroxyl groups is 1. The molecule has 0 aliphatic carbocycles. The molecule has 0 radical (unpaired) electrons. The molecule has 12 nitrogen and oxygen atoms in total. The number of carbonyl (C=O) groups is 1. The Morgan fingerprint density at radius 3 is 2.61 bits per heavy atom. The maximum atomic E-state index is 13.3. The zero-order valence-electron chi connectivity index (χ0n) is 27.1. The van der Waals surface area contributed by atoms with Gasteiger partial charge in [-0.2, -0.15) is 10.4 Å². The van der Waals surface area contributed by atoms with E-state index in [4.69, 9.17) is 9.84 Å². The van der Waals surface area contributed by atoms with E-state index in [0.717, 1.165) is 26.6 Å². The van der Waals surface area contributed by atoms with Crippen molar-refractivity contribution in [3.8, 4) is 34.6 Å². The van der Waals surface area contributed by atoms with Gasteiger partial charge in [-0.3, -0.25) is 9.72 Å². The molecule has 6 rings (SSSR count). The molecule has 248 valence electrons. The van der Waals surface area contributed by atoms with Crippen molar-refractivity contribution in [1.29, 1.82) is 5.26 Å². The molecule has 13 heteroatoms. The van der Waals surface area contributed by atoms with Crippen LogP contribution in [0.2, 0.25) is 0 Å². The number of nitrogens with one attached hydrogen (secondary N) is 2. The second kappa shape index (κ2) is 14.1. The fourth-order valence-corrected chi connectivity index (χ4v) is 6.01. The van der Waals surface area contributed by atoms with Gasteiger partial charge in [0.2, 0.25) is 0 Å². The quantitative estimate of drug-likeness (QED) is 0.131. The number of fused-ring (bicyclic) bond motifs is 1. The number of para-hydroxylation sites is 1. The summed E-state index contributed by atoms with van der Waals surface area (Å²) in [6, 6.07) is 27.1. The molecule has 0 unspecified atom stereocenters. The van der Waals surface area contributed by atoms with Crippen molar-refractivity contribution in [1.82, 2.24) is 29.7 Å². The van der Waals surface area contributed by atoms with E-state index in [2.05, 4.69) is 20.8 Å². The highest BCUT2D eigenvalue weighted by molar-refractivity contribution is 7.99. The monoisotopic (exact) mass is 674 g/mol. The number of phenolic OH excluding ortho intramolecular Hbond substituents is 1. The van der Waals surface area contributed by atoms with Gasteiger partial charge < -0.3 is 20.3 Å².